The van der Waals surface area contributed by atoms with Crippen molar-refractivity contribution in [2.45, 2.75) is 52.6 Å². The van der Waals surface area contributed by atoms with Crippen LogP contribution in [0.2, 0.25) is 0 Å². The minimum atomic E-state index is -0.548. The van der Waals surface area contributed by atoms with Gasteiger partial charge in [0, 0.05) is 5.57 Å². The molecule has 0 bridgehead atoms. The number of hydrogen-bond donors (Lipinski definition) is 1. The van der Waals surface area contributed by atoms with Gasteiger partial charge in [0.15, 0.2) is 0 Å². The molecule has 0 heterocycles. The summed E-state index contributed by atoms with van der Waals surface area (Å²) in [5.74, 6) is 0.493. The van der Waals surface area contributed by atoms with Gasteiger partial charge in [0.05, 0.1) is 6.10 Å². The Morgan fingerprint density at radius 3 is 2.69 bits per heavy atom. The first kappa shape index (κ1) is 11.8. The molecule has 1 N–H and O–H groups in total. The smallest absolute Gasteiger partial charge is 0.148 e. The number of fused-ring (bicyclic) bond motifs is 1. The van der Waals surface area contributed by atoms with Crippen molar-refractivity contribution in [3.63, 3.8) is 0 Å². The monoisotopic (exact) mass is 222 g/mol. The predicted octanol–water partition coefficient (Wildman–Crippen LogP) is 2.71. The molecular formula is C14H22O2. The third-order valence-electron chi connectivity index (χ3n) is 4.75. The van der Waals surface area contributed by atoms with Gasteiger partial charge < -0.3 is 5.11 Å². The Labute approximate surface area is 97.7 Å². The van der Waals surface area contributed by atoms with Crippen molar-refractivity contribution in [3.05, 3.63) is 11.6 Å². The van der Waals surface area contributed by atoms with Crippen LogP contribution in [-0.4, -0.2) is 17.5 Å². The van der Waals surface area contributed by atoms with Crippen LogP contribution < -0.4 is 0 Å². The molecule has 0 aliphatic heterocycles. The van der Waals surface area contributed by atoms with E-state index in [0.717, 1.165) is 19.1 Å². The molecule has 0 radical (unpaired) electrons. The summed E-state index contributed by atoms with van der Waals surface area (Å²) in [6.45, 7) is 6.83. The third kappa shape index (κ3) is 1.73. The molecule has 2 aliphatic rings. The van der Waals surface area contributed by atoms with Gasteiger partial charge in [-0.2, -0.15) is 0 Å². The SMILES string of the molecule is CC1(C)CCC[C@]2(C)C=C(C=O)[C@@H](O)C[C@@H]12. The fraction of sp³-hybridized carbons (Fsp3) is 0.786. The van der Waals surface area contributed by atoms with E-state index >= 15 is 0 Å². The van der Waals surface area contributed by atoms with Gasteiger partial charge in [-0.15, -0.1) is 0 Å². The number of allylic oxidation sites excluding steroid dienone is 1. The molecule has 0 aromatic heterocycles. The number of aldehydes is 1. The van der Waals surface area contributed by atoms with E-state index < -0.39 is 6.10 Å². The summed E-state index contributed by atoms with van der Waals surface area (Å²) >= 11 is 0. The van der Waals surface area contributed by atoms with E-state index in [4.69, 9.17) is 0 Å². The average molecular weight is 222 g/mol. The molecule has 2 aliphatic carbocycles. The van der Waals surface area contributed by atoms with Crippen LogP contribution in [0.5, 0.6) is 0 Å². The molecule has 0 aromatic carbocycles. The normalized spacial score (nSPS) is 42.1. The molecular weight excluding hydrogens is 200 g/mol. The zero-order valence-electron chi connectivity index (χ0n) is 10.5. The summed E-state index contributed by atoms with van der Waals surface area (Å²) in [5, 5.41) is 9.95. The van der Waals surface area contributed by atoms with Crippen LogP contribution in [0.3, 0.4) is 0 Å². The van der Waals surface area contributed by atoms with Crippen molar-refractivity contribution in [1.29, 1.82) is 0 Å². The molecule has 2 nitrogen and oxygen atoms in total. The number of aliphatic hydroxyl groups is 1. The quantitative estimate of drug-likeness (QED) is 0.693. The molecule has 2 heteroatoms. The maximum Gasteiger partial charge on any atom is 0.148 e. The van der Waals surface area contributed by atoms with Gasteiger partial charge in [-0.1, -0.05) is 33.3 Å². The van der Waals surface area contributed by atoms with E-state index in [9.17, 15) is 9.90 Å². The minimum absolute atomic E-state index is 0.108. The van der Waals surface area contributed by atoms with Crippen molar-refractivity contribution in [2.24, 2.45) is 16.7 Å². The lowest BCUT2D eigenvalue weighted by atomic mass is 9.52. The molecule has 1 saturated carbocycles. The van der Waals surface area contributed by atoms with Gasteiger partial charge in [-0.25, -0.2) is 0 Å². The molecule has 0 saturated heterocycles. The highest BCUT2D eigenvalue weighted by molar-refractivity contribution is 5.75. The Morgan fingerprint density at radius 2 is 2.06 bits per heavy atom. The summed E-state index contributed by atoms with van der Waals surface area (Å²) in [5.41, 5.74) is 0.979. The Bertz CT molecular complexity index is 330. The number of aliphatic hydroxyl groups excluding tert-OH is 1. The molecule has 1 fully saturated rings. The van der Waals surface area contributed by atoms with Gasteiger partial charge >= 0.3 is 0 Å². The minimum Gasteiger partial charge on any atom is -0.388 e. The Kier molecular flexibility index (Phi) is 2.73. The molecule has 16 heavy (non-hydrogen) atoms. The topological polar surface area (TPSA) is 37.3 Å². The zero-order chi connectivity index (χ0) is 12.0. The Balaban J connectivity index is 2.39. The van der Waals surface area contributed by atoms with E-state index in [1.807, 2.05) is 6.08 Å². The fourth-order valence-corrected chi connectivity index (χ4v) is 3.88. The molecule has 3 atom stereocenters. The lowest BCUT2D eigenvalue weighted by molar-refractivity contribution is -0.106. The summed E-state index contributed by atoms with van der Waals surface area (Å²) < 4.78 is 0. The second-order valence-corrected chi connectivity index (χ2v) is 6.41. The highest BCUT2D eigenvalue weighted by Crippen LogP contribution is 2.56. The number of carbonyl (C=O) groups excluding carboxylic acids is 1. The fourth-order valence-electron chi connectivity index (χ4n) is 3.88. The Hall–Kier alpha value is -0.630. The molecule has 0 spiro atoms. The lowest BCUT2D eigenvalue weighted by Gasteiger charge is -2.52. The van der Waals surface area contributed by atoms with E-state index in [1.54, 1.807) is 0 Å². The zero-order valence-corrected chi connectivity index (χ0v) is 10.5. The van der Waals surface area contributed by atoms with Gasteiger partial charge in [0.1, 0.15) is 6.29 Å². The maximum atomic E-state index is 10.9. The standard InChI is InChI=1S/C14H22O2/c1-13(2)5-4-6-14(3)8-10(9-15)11(16)7-12(13)14/h8-9,11-12,16H,4-7H2,1-3H3/t11-,12-,14+/m0/s1. The van der Waals surface area contributed by atoms with Gasteiger partial charge in [0.25, 0.3) is 0 Å². The first-order valence-electron chi connectivity index (χ1n) is 6.25. The van der Waals surface area contributed by atoms with Crippen LogP contribution in [0.4, 0.5) is 0 Å². The molecule has 0 amide bonds. The summed E-state index contributed by atoms with van der Waals surface area (Å²) in [6, 6.07) is 0. The van der Waals surface area contributed by atoms with Crippen LogP contribution >= 0.6 is 0 Å². The molecule has 90 valence electrons. The van der Waals surface area contributed by atoms with Crippen molar-refractivity contribution in [3.8, 4) is 0 Å². The molecule has 2 rings (SSSR count). The largest absolute Gasteiger partial charge is 0.388 e. The second kappa shape index (κ2) is 3.69. The van der Waals surface area contributed by atoms with Gasteiger partial charge in [-0.05, 0) is 36.0 Å². The first-order chi connectivity index (χ1) is 7.39. The van der Waals surface area contributed by atoms with Crippen LogP contribution in [0, 0.1) is 16.7 Å². The maximum absolute atomic E-state index is 10.9. The van der Waals surface area contributed by atoms with E-state index in [2.05, 4.69) is 20.8 Å². The highest BCUT2D eigenvalue weighted by atomic mass is 16.3. The third-order valence-corrected chi connectivity index (χ3v) is 4.75. The van der Waals surface area contributed by atoms with E-state index in [1.165, 1.54) is 12.8 Å². The molecule has 0 unspecified atom stereocenters. The summed E-state index contributed by atoms with van der Waals surface area (Å²) in [4.78, 5) is 10.9. The van der Waals surface area contributed by atoms with Crippen molar-refractivity contribution < 1.29 is 9.90 Å². The van der Waals surface area contributed by atoms with Crippen molar-refractivity contribution in [2.75, 3.05) is 0 Å². The van der Waals surface area contributed by atoms with Gasteiger partial charge in [-0.3, -0.25) is 4.79 Å². The molecule has 0 aromatic rings. The van der Waals surface area contributed by atoms with Crippen LogP contribution in [0.25, 0.3) is 0 Å². The highest BCUT2D eigenvalue weighted by Gasteiger charge is 2.48. The number of hydrogen-bond acceptors (Lipinski definition) is 2. The number of carbonyl (C=O) groups is 1. The van der Waals surface area contributed by atoms with E-state index in [-0.39, 0.29) is 10.8 Å². The lowest BCUT2D eigenvalue weighted by Crippen LogP contribution is -2.46. The van der Waals surface area contributed by atoms with Crippen LogP contribution in [0.1, 0.15) is 46.5 Å². The van der Waals surface area contributed by atoms with Crippen LogP contribution in [-0.2, 0) is 4.79 Å². The van der Waals surface area contributed by atoms with Gasteiger partial charge in [0.2, 0.25) is 0 Å². The second-order valence-electron chi connectivity index (χ2n) is 6.41. The van der Waals surface area contributed by atoms with Crippen molar-refractivity contribution >= 4 is 6.29 Å². The summed E-state index contributed by atoms with van der Waals surface area (Å²) in [7, 11) is 0. The van der Waals surface area contributed by atoms with E-state index in [0.29, 0.717) is 11.5 Å². The van der Waals surface area contributed by atoms with Crippen molar-refractivity contribution in [1.82, 2.24) is 0 Å². The number of rotatable bonds is 1. The Morgan fingerprint density at radius 1 is 1.38 bits per heavy atom. The first-order valence-corrected chi connectivity index (χ1v) is 6.25. The predicted molar refractivity (Wildman–Crippen MR) is 64.0 cm³/mol. The van der Waals surface area contributed by atoms with Crippen LogP contribution in [0.15, 0.2) is 11.6 Å². The average Bonchev–Trinajstić information content (AvgIpc) is 2.19. The summed E-state index contributed by atoms with van der Waals surface area (Å²) in [6.07, 6.45) is 6.66.